The molecule has 0 saturated carbocycles. The molecule has 1 atom stereocenters. The normalized spacial score (nSPS) is 19.7. The molecule has 1 unspecified atom stereocenters. The summed E-state index contributed by atoms with van der Waals surface area (Å²) in [6, 6.07) is 4.24. The number of nitrogens with zero attached hydrogens (tertiary/aromatic N) is 1. The van der Waals surface area contributed by atoms with Gasteiger partial charge in [0.25, 0.3) is 5.91 Å². The maximum atomic E-state index is 12.5. The molecule has 0 spiro atoms. The number of rotatable bonds is 4. The maximum Gasteiger partial charge on any atom is 0.264 e. The molecule has 1 aliphatic rings. The summed E-state index contributed by atoms with van der Waals surface area (Å²) in [5.41, 5.74) is 0. The molecule has 2 heterocycles. The van der Waals surface area contributed by atoms with Gasteiger partial charge in [-0.2, -0.15) is 0 Å². The third-order valence-electron chi connectivity index (χ3n) is 3.50. The fourth-order valence-corrected chi connectivity index (χ4v) is 3.42. The van der Waals surface area contributed by atoms with Gasteiger partial charge in [-0.1, -0.05) is 18.0 Å². The van der Waals surface area contributed by atoms with Crippen LogP contribution in [0.5, 0.6) is 0 Å². The maximum absolute atomic E-state index is 12.5. The van der Waals surface area contributed by atoms with Crippen molar-refractivity contribution in [3.05, 3.63) is 21.3 Å². The number of hydrogen-bond acceptors (Lipinski definition) is 3. The van der Waals surface area contributed by atoms with E-state index in [1.165, 1.54) is 24.2 Å². The molecule has 5 heteroatoms. The van der Waals surface area contributed by atoms with Gasteiger partial charge in [-0.05, 0) is 45.4 Å². The second-order valence-electron chi connectivity index (χ2n) is 5.30. The molecule has 2 rings (SSSR count). The Labute approximate surface area is 123 Å². The minimum Gasteiger partial charge on any atom is -0.334 e. The molecule has 1 aromatic heterocycles. The smallest absolute Gasteiger partial charge is 0.264 e. The monoisotopic (exact) mass is 300 g/mol. The Morgan fingerprint density at radius 3 is 2.84 bits per heavy atom. The Morgan fingerprint density at radius 1 is 1.53 bits per heavy atom. The van der Waals surface area contributed by atoms with Crippen LogP contribution < -0.4 is 5.32 Å². The fraction of sp³-hybridized carbons (Fsp3) is 0.643. The molecule has 0 aliphatic carbocycles. The van der Waals surface area contributed by atoms with Gasteiger partial charge in [0.15, 0.2) is 0 Å². The van der Waals surface area contributed by atoms with E-state index in [1.807, 2.05) is 11.0 Å². The molecule has 106 valence electrons. The summed E-state index contributed by atoms with van der Waals surface area (Å²) in [7, 11) is 0. The molecule has 1 N–H and O–H groups in total. The van der Waals surface area contributed by atoms with Gasteiger partial charge in [0, 0.05) is 18.6 Å². The number of thiophene rings is 1. The van der Waals surface area contributed by atoms with Crippen LogP contribution in [-0.2, 0) is 0 Å². The number of carbonyl (C=O) groups is 1. The first kappa shape index (κ1) is 14.8. The molecular formula is C14H21ClN2OS. The minimum absolute atomic E-state index is 0.0965. The van der Waals surface area contributed by atoms with Crippen molar-refractivity contribution >= 4 is 28.8 Å². The molecule has 1 aromatic rings. The van der Waals surface area contributed by atoms with Crippen molar-refractivity contribution < 1.29 is 4.79 Å². The van der Waals surface area contributed by atoms with Crippen molar-refractivity contribution in [2.75, 3.05) is 13.1 Å². The van der Waals surface area contributed by atoms with Gasteiger partial charge in [0.05, 0.1) is 9.21 Å². The zero-order chi connectivity index (χ0) is 13.8. The van der Waals surface area contributed by atoms with Crippen molar-refractivity contribution in [1.29, 1.82) is 0 Å². The number of halogens is 1. The summed E-state index contributed by atoms with van der Waals surface area (Å²) in [5.74, 6) is 0.0965. The van der Waals surface area contributed by atoms with E-state index in [1.54, 1.807) is 6.07 Å². The molecule has 0 radical (unpaired) electrons. The second-order valence-corrected chi connectivity index (χ2v) is 7.02. The van der Waals surface area contributed by atoms with Crippen LogP contribution in [0.2, 0.25) is 4.34 Å². The number of piperidine rings is 1. The SMILES string of the molecule is CC(C)N(CC1CCCCN1)C(=O)c1ccc(Cl)s1. The van der Waals surface area contributed by atoms with E-state index < -0.39 is 0 Å². The minimum atomic E-state index is 0.0965. The van der Waals surface area contributed by atoms with Crippen molar-refractivity contribution in [3.8, 4) is 0 Å². The highest BCUT2D eigenvalue weighted by Gasteiger charge is 2.24. The predicted octanol–water partition coefficient (Wildman–Crippen LogP) is 3.39. The van der Waals surface area contributed by atoms with Crippen molar-refractivity contribution in [2.45, 2.75) is 45.2 Å². The van der Waals surface area contributed by atoms with Crippen molar-refractivity contribution in [3.63, 3.8) is 0 Å². The largest absolute Gasteiger partial charge is 0.334 e. The van der Waals surface area contributed by atoms with Crippen LogP contribution >= 0.6 is 22.9 Å². The van der Waals surface area contributed by atoms with E-state index >= 15 is 0 Å². The summed E-state index contributed by atoms with van der Waals surface area (Å²) in [5, 5.41) is 3.50. The van der Waals surface area contributed by atoms with Gasteiger partial charge >= 0.3 is 0 Å². The van der Waals surface area contributed by atoms with Gasteiger partial charge in [0.1, 0.15) is 0 Å². The van der Waals surface area contributed by atoms with Crippen LogP contribution in [-0.4, -0.2) is 36.0 Å². The lowest BCUT2D eigenvalue weighted by Crippen LogP contribution is -2.48. The Hall–Kier alpha value is -0.580. The number of amides is 1. The lowest BCUT2D eigenvalue weighted by molar-refractivity contribution is 0.0682. The Balaban J connectivity index is 2.04. The topological polar surface area (TPSA) is 32.3 Å². The lowest BCUT2D eigenvalue weighted by atomic mass is 10.0. The van der Waals surface area contributed by atoms with E-state index in [2.05, 4.69) is 19.2 Å². The second kappa shape index (κ2) is 6.73. The highest BCUT2D eigenvalue weighted by molar-refractivity contribution is 7.17. The van der Waals surface area contributed by atoms with Crippen LogP contribution in [0.4, 0.5) is 0 Å². The van der Waals surface area contributed by atoms with Crippen LogP contribution in [0.1, 0.15) is 42.8 Å². The number of carbonyl (C=O) groups excluding carboxylic acids is 1. The van der Waals surface area contributed by atoms with E-state index in [0.717, 1.165) is 24.4 Å². The molecule has 0 bridgehead atoms. The zero-order valence-corrected chi connectivity index (χ0v) is 13.1. The average Bonchev–Trinajstić information content (AvgIpc) is 2.83. The third kappa shape index (κ3) is 3.94. The first-order valence-corrected chi connectivity index (χ1v) is 8.07. The van der Waals surface area contributed by atoms with Gasteiger partial charge in [0.2, 0.25) is 0 Å². The summed E-state index contributed by atoms with van der Waals surface area (Å²) < 4.78 is 0.669. The molecule has 1 aliphatic heterocycles. The molecule has 1 saturated heterocycles. The quantitative estimate of drug-likeness (QED) is 0.924. The lowest BCUT2D eigenvalue weighted by Gasteiger charge is -2.33. The zero-order valence-electron chi connectivity index (χ0n) is 11.5. The van der Waals surface area contributed by atoms with Crippen molar-refractivity contribution in [2.24, 2.45) is 0 Å². The standard InChI is InChI=1S/C14H21ClN2OS/c1-10(2)17(9-11-5-3-4-8-16-11)14(18)12-6-7-13(15)19-12/h6-7,10-11,16H,3-5,8-9H2,1-2H3. The van der Waals surface area contributed by atoms with Gasteiger partial charge < -0.3 is 10.2 Å². The van der Waals surface area contributed by atoms with Crippen LogP contribution in [0.25, 0.3) is 0 Å². The highest BCUT2D eigenvalue weighted by atomic mass is 35.5. The van der Waals surface area contributed by atoms with Gasteiger partial charge in [-0.25, -0.2) is 0 Å². The van der Waals surface area contributed by atoms with E-state index in [4.69, 9.17) is 11.6 Å². The number of hydrogen-bond donors (Lipinski definition) is 1. The van der Waals surface area contributed by atoms with Crippen LogP contribution in [0, 0.1) is 0 Å². The van der Waals surface area contributed by atoms with Crippen LogP contribution in [0.3, 0.4) is 0 Å². The fourth-order valence-electron chi connectivity index (χ4n) is 2.42. The first-order valence-electron chi connectivity index (χ1n) is 6.87. The molecule has 1 amide bonds. The molecule has 1 fully saturated rings. The van der Waals surface area contributed by atoms with Crippen LogP contribution in [0.15, 0.2) is 12.1 Å². The molecule has 19 heavy (non-hydrogen) atoms. The summed E-state index contributed by atoms with van der Waals surface area (Å²) in [6.07, 6.45) is 3.65. The van der Waals surface area contributed by atoms with Crippen molar-refractivity contribution in [1.82, 2.24) is 10.2 Å². The van der Waals surface area contributed by atoms with E-state index in [0.29, 0.717) is 10.4 Å². The predicted molar refractivity (Wildman–Crippen MR) is 81.1 cm³/mol. The average molecular weight is 301 g/mol. The third-order valence-corrected chi connectivity index (χ3v) is 4.72. The Kier molecular flexibility index (Phi) is 5.25. The summed E-state index contributed by atoms with van der Waals surface area (Å²) in [4.78, 5) is 15.2. The van der Waals surface area contributed by atoms with E-state index in [-0.39, 0.29) is 11.9 Å². The Bertz CT molecular complexity index is 427. The van der Waals surface area contributed by atoms with Gasteiger partial charge in [-0.3, -0.25) is 4.79 Å². The number of nitrogens with one attached hydrogen (secondary N) is 1. The summed E-state index contributed by atoms with van der Waals surface area (Å²) >= 11 is 7.27. The van der Waals surface area contributed by atoms with Gasteiger partial charge in [-0.15, -0.1) is 11.3 Å². The highest BCUT2D eigenvalue weighted by Crippen LogP contribution is 2.24. The summed E-state index contributed by atoms with van der Waals surface area (Å²) in [6.45, 7) is 5.98. The molecule has 0 aromatic carbocycles. The first-order chi connectivity index (χ1) is 9.08. The molecule has 3 nitrogen and oxygen atoms in total. The molecular weight excluding hydrogens is 280 g/mol. The van der Waals surface area contributed by atoms with E-state index in [9.17, 15) is 4.79 Å². The Morgan fingerprint density at radius 2 is 2.32 bits per heavy atom.